The Hall–Kier alpha value is -2.56. The molecule has 1 saturated heterocycles. The summed E-state index contributed by atoms with van der Waals surface area (Å²) in [5.74, 6) is 0.00997. The summed E-state index contributed by atoms with van der Waals surface area (Å²) in [5, 5.41) is 12.5. The number of aliphatic hydroxyl groups excluding tert-OH is 1. The van der Waals surface area contributed by atoms with Crippen LogP contribution in [0, 0.1) is 18.4 Å². The molecule has 0 atom stereocenters. The molecule has 0 aromatic heterocycles. The van der Waals surface area contributed by atoms with Gasteiger partial charge in [-0.3, -0.25) is 4.79 Å². The Kier molecular flexibility index (Phi) is 9.15. The molecule has 2 rings (SSSR count). The fourth-order valence-electron chi connectivity index (χ4n) is 3.24. The monoisotopic (exact) mass is 453 g/mol. The third-order valence-electron chi connectivity index (χ3n) is 4.94. The predicted molar refractivity (Wildman–Crippen MR) is 116 cm³/mol. The first-order valence-electron chi connectivity index (χ1n) is 9.52. The molecule has 0 saturated carbocycles. The number of ether oxygens (including phenoxy) is 1. The van der Waals surface area contributed by atoms with Crippen molar-refractivity contribution in [2.75, 3.05) is 26.7 Å². The zero-order chi connectivity index (χ0) is 22.1. The first-order valence-corrected chi connectivity index (χ1v) is 10.3. The molecule has 0 bridgehead atoms. The van der Waals surface area contributed by atoms with Crippen molar-refractivity contribution in [1.29, 1.82) is 0 Å². The molecule has 7 nitrogen and oxygen atoms in total. The Bertz CT molecular complexity index is 810. The Balaban J connectivity index is 1.73. The second kappa shape index (κ2) is 11.6. The number of piperidine rings is 1. The molecule has 0 unspecified atom stereocenters. The Labute approximate surface area is 186 Å². The molecule has 1 aliphatic rings. The number of rotatable bonds is 7. The van der Waals surface area contributed by atoms with Gasteiger partial charge >= 0.3 is 6.09 Å². The maximum Gasteiger partial charge on any atom is 0.410 e. The number of aliphatic hydroxyl groups is 1. The summed E-state index contributed by atoms with van der Waals surface area (Å²) < 4.78 is 5.37. The van der Waals surface area contributed by atoms with Crippen LogP contribution < -0.4 is 5.32 Å². The van der Waals surface area contributed by atoms with E-state index >= 15 is 0 Å². The number of benzene rings is 1. The maximum absolute atomic E-state index is 12.3. The first kappa shape index (κ1) is 23.7. The highest BCUT2D eigenvalue weighted by Gasteiger charge is 2.25. The molecule has 162 valence electrons. The number of likely N-dealkylation sites (tertiary alicyclic amines) is 1. The smallest absolute Gasteiger partial charge is 0.410 e. The Morgan fingerprint density at radius 2 is 1.97 bits per heavy atom. The zero-order valence-electron chi connectivity index (χ0n) is 16.7. The van der Waals surface area contributed by atoms with Crippen LogP contribution in [0.5, 0.6) is 0 Å². The second-order valence-corrected chi connectivity index (χ2v) is 7.96. The molecule has 2 N–H and O–H groups in total. The van der Waals surface area contributed by atoms with Gasteiger partial charge in [0.2, 0.25) is 0 Å². The molecule has 30 heavy (non-hydrogen) atoms. The van der Waals surface area contributed by atoms with Gasteiger partial charge in [-0.15, -0.1) is 0 Å². The molecule has 1 aromatic carbocycles. The topological polar surface area (TPSA) is 82.1 Å². The minimum absolute atomic E-state index is 0.0430. The van der Waals surface area contributed by atoms with Gasteiger partial charge in [0.25, 0.3) is 5.91 Å². The SMILES string of the molecule is C#CN/C(=C\O)C(=O)N(C)CCC1CCN(C(=O)OCc2cc(Cl)cc(Cl)c2)CC1. The lowest BCUT2D eigenvalue weighted by Crippen LogP contribution is -2.40. The highest BCUT2D eigenvalue weighted by molar-refractivity contribution is 6.34. The average Bonchev–Trinajstić information content (AvgIpc) is 2.73. The highest BCUT2D eigenvalue weighted by atomic mass is 35.5. The lowest BCUT2D eigenvalue weighted by molar-refractivity contribution is -0.126. The molecule has 0 spiro atoms. The van der Waals surface area contributed by atoms with Crippen molar-refractivity contribution in [3.63, 3.8) is 0 Å². The van der Waals surface area contributed by atoms with Gasteiger partial charge < -0.3 is 25.0 Å². The predicted octanol–water partition coefficient (Wildman–Crippen LogP) is 3.77. The Morgan fingerprint density at radius 1 is 1.33 bits per heavy atom. The van der Waals surface area contributed by atoms with Crippen molar-refractivity contribution in [1.82, 2.24) is 15.1 Å². The van der Waals surface area contributed by atoms with Gasteiger partial charge in [0.05, 0.1) is 0 Å². The molecule has 0 aliphatic carbocycles. The van der Waals surface area contributed by atoms with E-state index in [1.165, 1.54) is 4.90 Å². The van der Waals surface area contributed by atoms with E-state index in [1.807, 2.05) is 0 Å². The van der Waals surface area contributed by atoms with Crippen LogP contribution in [0.15, 0.2) is 30.2 Å². The van der Waals surface area contributed by atoms with E-state index in [2.05, 4.69) is 11.4 Å². The van der Waals surface area contributed by atoms with E-state index < -0.39 is 0 Å². The number of terminal acetylenes is 1. The van der Waals surface area contributed by atoms with Crippen molar-refractivity contribution in [2.24, 2.45) is 5.92 Å². The van der Waals surface area contributed by atoms with Gasteiger partial charge in [0.15, 0.2) is 0 Å². The van der Waals surface area contributed by atoms with Crippen molar-refractivity contribution in [3.8, 4) is 12.5 Å². The maximum atomic E-state index is 12.3. The van der Waals surface area contributed by atoms with Crippen molar-refractivity contribution >= 4 is 35.2 Å². The number of carbonyl (C=O) groups excluding carboxylic acids is 2. The molecule has 1 aromatic rings. The van der Waals surface area contributed by atoms with Crippen LogP contribution in [0.25, 0.3) is 0 Å². The first-order chi connectivity index (χ1) is 14.3. The largest absolute Gasteiger partial charge is 0.513 e. The Morgan fingerprint density at radius 3 is 2.53 bits per heavy atom. The molecule has 9 heteroatoms. The number of halogens is 2. The van der Waals surface area contributed by atoms with E-state index in [-0.39, 0.29) is 24.3 Å². The summed E-state index contributed by atoms with van der Waals surface area (Å²) in [7, 11) is 1.65. The summed E-state index contributed by atoms with van der Waals surface area (Å²) >= 11 is 11.9. The molecule has 1 aliphatic heterocycles. The summed E-state index contributed by atoms with van der Waals surface area (Å²) in [4.78, 5) is 27.7. The van der Waals surface area contributed by atoms with Crippen LogP contribution in [0.1, 0.15) is 24.8 Å². The second-order valence-electron chi connectivity index (χ2n) is 7.09. The van der Waals surface area contributed by atoms with Crippen molar-refractivity contribution < 1.29 is 19.4 Å². The minimum Gasteiger partial charge on any atom is -0.513 e. The van der Waals surface area contributed by atoms with Crippen molar-refractivity contribution in [3.05, 3.63) is 45.8 Å². The number of amides is 2. The molecule has 1 heterocycles. The number of hydrogen-bond donors (Lipinski definition) is 2. The quantitative estimate of drug-likeness (QED) is 0.284. The van der Waals surface area contributed by atoms with Gasteiger partial charge in [-0.05, 0) is 48.9 Å². The molecule has 2 amide bonds. The summed E-state index contributed by atoms with van der Waals surface area (Å²) in [6.45, 7) is 1.82. The minimum atomic E-state index is -0.377. The van der Waals surface area contributed by atoms with Crippen molar-refractivity contribution in [2.45, 2.75) is 25.9 Å². The van der Waals surface area contributed by atoms with E-state index in [4.69, 9.17) is 39.5 Å². The number of nitrogens with one attached hydrogen (secondary N) is 1. The summed E-state index contributed by atoms with van der Waals surface area (Å²) in [6, 6.07) is 7.15. The standard InChI is InChI=1S/C21H25Cl2N3O4/c1-3-24-19(13-27)20(28)25(2)7-4-15-5-8-26(9-6-15)21(29)30-14-16-10-17(22)12-18(23)11-16/h1,10-13,15,24,27H,4-9,14H2,2H3/b19-13-. The molecule has 1 fully saturated rings. The fraction of sp³-hybridized carbons (Fsp3) is 0.429. The fourth-order valence-corrected chi connectivity index (χ4v) is 3.81. The third kappa shape index (κ3) is 7.05. The van der Waals surface area contributed by atoms with Gasteiger partial charge in [0.1, 0.15) is 18.6 Å². The van der Waals surface area contributed by atoms with E-state index in [9.17, 15) is 9.59 Å². The van der Waals surface area contributed by atoms with Gasteiger partial charge in [-0.2, -0.15) is 0 Å². The van der Waals surface area contributed by atoms with Crippen LogP contribution in [0.2, 0.25) is 10.0 Å². The molecular weight excluding hydrogens is 429 g/mol. The summed E-state index contributed by atoms with van der Waals surface area (Å²) in [5.41, 5.74) is 0.692. The lowest BCUT2D eigenvalue weighted by Gasteiger charge is -2.32. The van der Waals surface area contributed by atoms with E-state index in [0.29, 0.717) is 41.9 Å². The average molecular weight is 454 g/mol. The molecule has 0 radical (unpaired) electrons. The molecular formula is C21H25Cl2N3O4. The van der Waals surface area contributed by atoms with Gasteiger partial charge in [0, 0.05) is 42.8 Å². The third-order valence-corrected chi connectivity index (χ3v) is 5.38. The van der Waals surface area contributed by atoms with Crippen LogP contribution in [-0.4, -0.2) is 53.6 Å². The number of nitrogens with zero attached hydrogens (tertiary/aromatic N) is 2. The summed E-state index contributed by atoms with van der Waals surface area (Å²) in [6.07, 6.45) is 7.84. The number of likely N-dealkylation sites (N-methyl/N-ethyl adjacent to an activating group) is 1. The van der Waals surface area contributed by atoms with E-state index in [0.717, 1.165) is 24.8 Å². The van der Waals surface area contributed by atoms with Crippen LogP contribution >= 0.6 is 23.2 Å². The highest BCUT2D eigenvalue weighted by Crippen LogP contribution is 2.23. The normalized spacial score (nSPS) is 14.7. The van der Waals surface area contributed by atoms with Crippen LogP contribution in [0.3, 0.4) is 0 Å². The van der Waals surface area contributed by atoms with Gasteiger partial charge in [-0.1, -0.05) is 29.6 Å². The van der Waals surface area contributed by atoms with Crippen LogP contribution in [-0.2, 0) is 16.1 Å². The van der Waals surface area contributed by atoms with E-state index in [1.54, 1.807) is 30.1 Å². The zero-order valence-corrected chi connectivity index (χ0v) is 18.2. The van der Waals surface area contributed by atoms with Crippen LogP contribution in [0.4, 0.5) is 4.79 Å². The number of carbonyl (C=O) groups is 2. The lowest BCUT2D eigenvalue weighted by atomic mass is 9.93. The number of hydrogen-bond acceptors (Lipinski definition) is 5. The van der Waals surface area contributed by atoms with Gasteiger partial charge in [-0.25, -0.2) is 4.79 Å².